The molecule has 0 aliphatic rings. The smallest absolute Gasteiger partial charge is 0.242 e. The molecule has 0 bridgehead atoms. The fourth-order valence-corrected chi connectivity index (χ4v) is 1.95. The molecule has 0 aliphatic heterocycles. The predicted molar refractivity (Wildman–Crippen MR) is 77.9 cm³/mol. The van der Waals surface area contributed by atoms with Crippen molar-refractivity contribution < 1.29 is 4.79 Å². The van der Waals surface area contributed by atoms with Gasteiger partial charge in [0.05, 0.1) is 0 Å². The van der Waals surface area contributed by atoms with Gasteiger partial charge < -0.3 is 4.57 Å². The number of aromatic nitrogens is 1. The number of nitrogens with zero attached hydrogens (tertiary/aromatic N) is 4. The van der Waals surface area contributed by atoms with Crippen LogP contribution >= 0.6 is 0 Å². The predicted octanol–water partition coefficient (Wildman–Crippen LogP) is 3.69. The lowest BCUT2D eigenvalue weighted by Gasteiger charge is -2.09. The van der Waals surface area contributed by atoms with Gasteiger partial charge in [0.1, 0.15) is 0 Å². The lowest BCUT2D eigenvalue weighted by Crippen LogP contribution is -2.03. The van der Waals surface area contributed by atoms with E-state index in [1.807, 2.05) is 37.3 Å². The first-order chi connectivity index (χ1) is 9.70. The van der Waals surface area contributed by atoms with Gasteiger partial charge >= 0.3 is 0 Å². The third-order valence-corrected chi connectivity index (χ3v) is 2.96. The molecule has 0 radical (unpaired) electrons. The minimum absolute atomic E-state index is 0.599. The van der Waals surface area contributed by atoms with Crippen molar-refractivity contribution in [2.75, 3.05) is 0 Å². The summed E-state index contributed by atoms with van der Waals surface area (Å²) in [7, 11) is 0. The van der Waals surface area contributed by atoms with Crippen LogP contribution in [-0.4, -0.2) is 10.5 Å². The molecule has 0 aliphatic carbocycles. The number of carbonyl (C=O) groups is 1. The Balaban J connectivity index is 2.24. The maximum atomic E-state index is 11.2. The van der Waals surface area contributed by atoms with Gasteiger partial charge in [0.25, 0.3) is 0 Å². The van der Waals surface area contributed by atoms with E-state index >= 15 is 0 Å². The highest BCUT2D eigenvalue weighted by molar-refractivity contribution is 5.92. The first-order valence-corrected chi connectivity index (χ1v) is 6.18. The molecule has 1 heterocycles. The highest BCUT2D eigenvalue weighted by Crippen LogP contribution is 2.13. The van der Waals surface area contributed by atoms with Gasteiger partial charge in [0.2, 0.25) is 5.91 Å². The van der Waals surface area contributed by atoms with Gasteiger partial charge in [-0.1, -0.05) is 30.3 Å². The van der Waals surface area contributed by atoms with E-state index in [0.717, 1.165) is 17.9 Å². The largest absolute Gasteiger partial charge is 0.341 e. The number of aryl methyl sites for hydroxylation is 1. The average molecular weight is 266 g/mol. The molecule has 100 valence electrons. The van der Waals surface area contributed by atoms with E-state index in [4.69, 9.17) is 5.53 Å². The average Bonchev–Trinajstić information content (AvgIpc) is 2.79. The number of amides is 1. The number of rotatable bonds is 4. The van der Waals surface area contributed by atoms with Gasteiger partial charge in [0.15, 0.2) is 0 Å². The summed E-state index contributed by atoms with van der Waals surface area (Å²) in [5.74, 6) is -0.599. The molecule has 0 atom stereocenters. The highest BCUT2D eigenvalue weighted by atomic mass is 16.1. The monoisotopic (exact) mass is 266 g/mol. The van der Waals surface area contributed by atoms with Crippen molar-refractivity contribution in [2.45, 2.75) is 13.5 Å². The van der Waals surface area contributed by atoms with Crippen LogP contribution in [0.1, 0.15) is 17.0 Å². The highest BCUT2D eigenvalue weighted by Gasteiger charge is 2.03. The molecule has 2 aromatic rings. The number of hydrogen-bond donors (Lipinski definition) is 0. The second-order valence-electron chi connectivity index (χ2n) is 4.33. The van der Waals surface area contributed by atoms with Gasteiger partial charge in [0, 0.05) is 22.8 Å². The number of hydrogen-bond acceptors (Lipinski definition) is 1. The van der Waals surface area contributed by atoms with Gasteiger partial charge in [-0.25, -0.2) is 0 Å². The summed E-state index contributed by atoms with van der Waals surface area (Å²) in [5, 5.41) is 3.01. The van der Waals surface area contributed by atoms with Crippen LogP contribution in [0.3, 0.4) is 0 Å². The van der Waals surface area contributed by atoms with Crippen LogP contribution in [0.25, 0.3) is 16.5 Å². The van der Waals surface area contributed by atoms with Gasteiger partial charge in [-0.05, 0) is 47.4 Å². The number of azide groups is 1. The van der Waals surface area contributed by atoms with Crippen LogP contribution in [0.5, 0.6) is 0 Å². The maximum absolute atomic E-state index is 11.2. The van der Waals surface area contributed by atoms with Crippen molar-refractivity contribution in [2.24, 2.45) is 5.11 Å². The SMILES string of the molecule is Cc1ccc(/C=C/C(=O)N=[N+]=[N-])n1Cc1ccccc1. The Hall–Kier alpha value is -2.78. The second kappa shape index (κ2) is 6.41. The summed E-state index contributed by atoms with van der Waals surface area (Å²) >= 11 is 0. The van der Waals surface area contributed by atoms with Crippen molar-refractivity contribution in [1.29, 1.82) is 0 Å². The number of benzene rings is 1. The minimum atomic E-state index is -0.599. The van der Waals surface area contributed by atoms with Crippen molar-refractivity contribution in [1.82, 2.24) is 4.57 Å². The topological polar surface area (TPSA) is 70.8 Å². The fraction of sp³-hybridized carbons (Fsp3) is 0.133. The van der Waals surface area contributed by atoms with Crippen LogP contribution in [-0.2, 0) is 11.3 Å². The second-order valence-corrected chi connectivity index (χ2v) is 4.33. The van der Waals surface area contributed by atoms with Crippen molar-refractivity contribution in [3.05, 3.63) is 75.9 Å². The van der Waals surface area contributed by atoms with E-state index in [2.05, 4.69) is 26.7 Å². The third-order valence-electron chi connectivity index (χ3n) is 2.96. The van der Waals surface area contributed by atoms with Crippen molar-refractivity contribution >= 4 is 12.0 Å². The molecule has 20 heavy (non-hydrogen) atoms. The molecule has 1 amide bonds. The number of carbonyl (C=O) groups excluding carboxylic acids is 1. The zero-order chi connectivity index (χ0) is 14.4. The first kappa shape index (κ1) is 13.6. The van der Waals surface area contributed by atoms with Crippen LogP contribution in [0.4, 0.5) is 0 Å². The Morgan fingerprint density at radius 2 is 2.05 bits per heavy atom. The molecule has 5 heteroatoms. The van der Waals surface area contributed by atoms with Gasteiger partial charge in [-0.15, -0.1) is 0 Å². The van der Waals surface area contributed by atoms with Gasteiger partial charge in [-0.3, -0.25) is 4.79 Å². The Bertz CT molecular complexity index is 679. The van der Waals surface area contributed by atoms with E-state index in [1.54, 1.807) is 6.08 Å². The van der Waals surface area contributed by atoms with E-state index in [-0.39, 0.29) is 0 Å². The fourth-order valence-electron chi connectivity index (χ4n) is 1.95. The Labute approximate surface area is 116 Å². The standard InChI is InChI=1S/C15H14N4O/c1-12-7-8-14(9-10-15(20)17-18-16)19(12)11-13-5-3-2-4-6-13/h2-10H,11H2,1H3/b10-9+. The molecule has 5 nitrogen and oxygen atoms in total. The van der Waals surface area contributed by atoms with Crippen LogP contribution in [0.2, 0.25) is 0 Å². The summed E-state index contributed by atoms with van der Waals surface area (Å²) in [5.41, 5.74) is 11.4. The molecule has 0 fully saturated rings. The Morgan fingerprint density at radius 3 is 2.75 bits per heavy atom. The summed E-state index contributed by atoms with van der Waals surface area (Å²) in [6.45, 7) is 2.74. The van der Waals surface area contributed by atoms with Gasteiger partial charge in [-0.2, -0.15) is 0 Å². The van der Waals surface area contributed by atoms with E-state index in [0.29, 0.717) is 0 Å². The Morgan fingerprint density at radius 1 is 1.30 bits per heavy atom. The molecule has 2 rings (SSSR count). The summed E-state index contributed by atoms with van der Waals surface area (Å²) < 4.78 is 2.09. The van der Waals surface area contributed by atoms with E-state index in [9.17, 15) is 4.79 Å². The first-order valence-electron chi connectivity index (χ1n) is 6.18. The van der Waals surface area contributed by atoms with E-state index in [1.165, 1.54) is 11.6 Å². The van der Waals surface area contributed by atoms with E-state index < -0.39 is 5.91 Å². The maximum Gasteiger partial charge on any atom is 0.242 e. The zero-order valence-corrected chi connectivity index (χ0v) is 11.1. The molecular weight excluding hydrogens is 252 g/mol. The Kier molecular flexibility index (Phi) is 4.37. The lowest BCUT2D eigenvalue weighted by atomic mass is 10.2. The molecule has 0 saturated heterocycles. The normalized spacial score (nSPS) is 10.4. The van der Waals surface area contributed by atoms with Crippen LogP contribution < -0.4 is 0 Å². The van der Waals surface area contributed by atoms with Crippen molar-refractivity contribution in [3.63, 3.8) is 0 Å². The summed E-state index contributed by atoms with van der Waals surface area (Å²) in [4.78, 5) is 13.6. The van der Waals surface area contributed by atoms with Crippen LogP contribution in [0.15, 0.2) is 53.7 Å². The summed E-state index contributed by atoms with van der Waals surface area (Å²) in [6.07, 6.45) is 2.93. The zero-order valence-electron chi connectivity index (χ0n) is 11.1. The van der Waals surface area contributed by atoms with Crippen molar-refractivity contribution in [3.8, 4) is 0 Å². The molecule has 0 N–H and O–H groups in total. The van der Waals surface area contributed by atoms with Crippen LogP contribution in [0, 0.1) is 6.92 Å². The molecule has 1 aromatic carbocycles. The third kappa shape index (κ3) is 3.37. The molecular formula is C15H14N4O. The molecule has 0 saturated carbocycles. The molecule has 0 spiro atoms. The minimum Gasteiger partial charge on any atom is -0.341 e. The quantitative estimate of drug-likeness (QED) is 0.360. The molecule has 0 unspecified atom stereocenters. The molecule has 1 aromatic heterocycles. The lowest BCUT2D eigenvalue weighted by molar-refractivity contribution is -0.113. The summed E-state index contributed by atoms with van der Waals surface area (Å²) in [6, 6.07) is 14.0.